The number of halogens is 1. The van der Waals surface area contributed by atoms with E-state index in [-0.39, 0.29) is 18.2 Å². The third-order valence-corrected chi connectivity index (χ3v) is 5.76. The average molecular weight is 389 g/mol. The summed E-state index contributed by atoms with van der Waals surface area (Å²) in [7, 11) is 0. The second-order valence-electron chi connectivity index (χ2n) is 6.24. The van der Waals surface area contributed by atoms with Gasteiger partial charge in [0.2, 0.25) is 5.91 Å². The normalized spacial score (nSPS) is 16.5. The lowest BCUT2D eigenvalue weighted by atomic mass is 10.2. The van der Waals surface area contributed by atoms with Gasteiger partial charge in [0.05, 0.1) is 5.69 Å². The van der Waals surface area contributed by atoms with Gasteiger partial charge in [0, 0.05) is 40.2 Å². The first kappa shape index (κ1) is 18.8. The van der Waals surface area contributed by atoms with E-state index in [0.717, 1.165) is 17.0 Å². The molecule has 0 aromatic heterocycles. The number of carbonyl (C=O) groups excluding carboxylic acids is 2. The largest absolute Gasteiger partial charge is 0.352 e. The second kappa shape index (κ2) is 8.60. The van der Waals surface area contributed by atoms with Crippen molar-refractivity contribution in [3.63, 3.8) is 0 Å². The summed E-state index contributed by atoms with van der Waals surface area (Å²) in [5.74, 6) is -0.168. The molecule has 6 heteroatoms. The van der Waals surface area contributed by atoms with Crippen LogP contribution in [0.15, 0.2) is 53.4 Å². The molecule has 0 spiro atoms. The minimum atomic E-state index is -0.199. The molecule has 0 radical (unpaired) electrons. The van der Waals surface area contributed by atoms with Gasteiger partial charge in [-0.15, -0.1) is 11.8 Å². The Morgan fingerprint density at radius 2 is 1.92 bits per heavy atom. The number of fused-ring (bicyclic) bond motifs is 1. The lowest BCUT2D eigenvalue weighted by Crippen LogP contribution is -2.35. The van der Waals surface area contributed by atoms with E-state index in [0.29, 0.717) is 28.9 Å². The molecule has 1 N–H and O–H groups in total. The molecule has 1 unspecified atom stereocenters. The molecule has 1 aliphatic rings. The number of thioether (sulfide) groups is 1. The summed E-state index contributed by atoms with van der Waals surface area (Å²) < 4.78 is 0. The SMILES string of the molecule is CC1CCN(C(=O)CCNC(=O)c2ccc(Cl)cc2)c2ccccc2S1. The van der Waals surface area contributed by atoms with E-state index >= 15 is 0 Å². The molecule has 136 valence electrons. The zero-order valence-electron chi connectivity index (χ0n) is 14.6. The fraction of sp³-hybridized carbons (Fsp3) is 0.300. The molecule has 0 aliphatic carbocycles. The third kappa shape index (κ3) is 4.59. The van der Waals surface area contributed by atoms with Crippen molar-refractivity contribution in [2.24, 2.45) is 0 Å². The highest BCUT2D eigenvalue weighted by molar-refractivity contribution is 8.00. The van der Waals surface area contributed by atoms with Crippen molar-refractivity contribution < 1.29 is 9.59 Å². The van der Waals surface area contributed by atoms with E-state index in [2.05, 4.69) is 18.3 Å². The predicted octanol–water partition coefficient (Wildman–Crippen LogP) is 4.38. The van der Waals surface area contributed by atoms with Crippen LogP contribution in [0.1, 0.15) is 30.1 Å². The Hall–Kier alpha value is -1.98. The minimum absolute atomic E-state index is 0.0311. The number of rotatable bonds is 4. The van der Waals surface area contributed by atoms with Crippen LogP contribution in [0.3, 0.4) is 0 Å². The fourth-order valence-corrected chi connectivity index (χ4v) is 4.11. The maximum absolute atomic E-state index is 12.7. The van der Waals surface area contributed by atoms with E-state index in [1.165, 1.54) is 0 Å². The summed E-state index contributed by atoms with van der Waals surface area (Å²) in [4.78, 5) is 27.8. The van der Waals surface area contributed by atoms with Crippen molar-refractivity contribution in [2.75, 3.05) is 18.0 Å². The lowest BCUT2D eigenvalue weighted by Gasteiger charge is -2.22. The predicted molar refractivity (Wildman–Crippen MR) is 107 cm³/mol. The van der Waals surface area contributed by atoms with Crippen LogP contribution in [0.2, 0.25) is 5.02 Å². The highest BCUT2D eigenvalue weighted by atomic mass is 35.5. The van der Waals surface area contributed by atoms with E-state index in [9.17, 15) is 9.59 Å². The van der Waals surface area contributed by atoms with Crippen molar-refractivity contribution in [1.82, 2.24) is 5.32 Å². The van der Waals surface area contributed by atoms with Crippen LogP contribution in [0.25, 0.3) is 0 Å². The number of nitrogens with one attached hydrogen (secondary N) is 1. The summed E-state index contributed by atoms with van der Waals surface area (Å²) >= 11 is 7.64. The summed E-state index contributed by atoms with van der Waals surface area (Å²) in [6, 6.07) is 14.7. The molecule has 0 fully saturated rings. The van der Waals surface area contributed by atoms with Crippen molar-refractivity contribution >= 4 is 40.9 Å². The van der Waals surface area contributed by atoms with Crippen LogP contribution in [-0.2, 0) is 4.79 Å². The molecule has 1 heterocycles. The Labute approximate surface area is 162 Å². The molecule has 1 atom stereocenters. The Morgan fingerprint density at radius 3 is 2.69 bits per heavy atom. The fourth-order valence-electron chi connectivity index (χ4n) is 2.87. The number of hydrogen-bond donors (Lipinski definition) is 1. The maximum atomic E-state index is 12.7. The van der Waals surface area contributed by atoms with Gasteiger partial charge in [0.1, 0.15) is 0 Å². The lowest BCUT2D eigenvalue weighted by molar-refractivity contribution is -0.118. The zero-order chi connectivity index (χ0) is 18.5. The van der Waals surface area contributed by atoms with E-state index < -0.39 is 0 Å². The Bertz CT molecular complexity index is 795. The van der Waals surface area contributed by atoms with Crippen molar-refractivity contribution in [3.8, 4) is 0 Å². The molecule has 2 aromatic carbocycles. The summed E-state index contributed by atoms with van der Waals surface area (Å²) in [6.07, 6.45) is 1.22. The molecule has 4 nitrogen and oxygen atoms in total. The molecule has 2 amide bonds. The van der Waals surface area contributed by atoms with Gasteiger partial charge in [-0.2, -0.15) is 0 Å². The maximum Gasteiger partial charge on any atom is 0.251 e. The van der Waals surface area contributed by atoms with Crippen LogP contribution in [0.5, 0.6) is 0 Å². The van der Waals surface area contributed by atoms with E-state index in [1.54, 1.807) is 36.0 Å². The van der Waals surface area contributed by atoms with Gasteiger partial charge in [-0.3, -0.25) is 9.59 Å². The summed E-state index contributed by atoms with van der Waals surface area (Å²) in [6.45, 7) is 3.19. The van der Waals surface area contributed by atoms with Gasteiger partial charge in [-0.05, 0) is 42.8 Å². The monoisotopic (exact) mass is 388 g/mol. The Morgan fingerprint density at radius 1 is 1.19 bits per heavy atom. The molecule has 26 heavy (non-hydrogen) atoms. The average Bonchev–Trinajstić information content (AvgIpc) is 2.80. The summed E-state index contributed by atoms with van der Waals surface area (Å²) in [5, 5.41) is 3.86. The van der Waals surface area contributed by atoms with Gasteiger partial charge in [-0.1, -0.05) is 30.7 Å². The topological polar surface area (TPSA) is 49.4 Å². The van der Waals surface area contributed by atoms with Crippen LogP contribution in [0.4, 0.5) is 5.69 Å². The summed E-state index contributed by atoms with van der Waals surface area (Å²) in [5.41, 5.74) is 1.50. The van der Waals surface area contributed by atoms with Crippen LogP contribution >= 0.6 is 23.4 Å². The first-order chi connectivity index (χ1) is 12.5. The first-order valence-corrected chi connectivity index (χ1v) is 9.90. The van der Waals surface area contributed by atoms with E-state index in [1.807, 2.05) is 23.1 Å². The molecule has 1 aliphatic heterocycles. The standard InChI is InChI=1S/C20H21ClN2O2S/c1-14-11-13-23(17-4-2-3-5-18(17)26-14)19(24)10-12-22-20(25)15-6-8-16(21)9-7-15/h2-9,14H,10-13H2,1H3,(H,22,25). The van der Waals surface area contributed by atoms with Gasteiger partial charge in [0.15, 0.2) is 0 Å². The smallest absolute Gasteiger partial charge is 0.251 e. The molecular weight excluding hydrogens is 368 g/mol. The highest BCUT2D eigenvalue weighted by Gasteiger charge is 2.23. The molecule has 0 saturated heterocycles. The minimum Gasteiger partial charge on any atom is -0.352 e. The number of benzene rings is 2. The van der Waals surface area contributed by atoms with Crippen molar-refractivity contribution in [2.45, 2.75) is 29.9 Å². The van der Waals surface area contributed by atoms with Crippen LogP contribution in [-0.4, -0.2) is 30.2 Å². The van der Waals surface area contributed by atoms with Gasteiger partial charge < -0.3 is 10.2 Å². The number of amides is 2. The Balaban J connectivity index is 1.59. The van der Waals surface area contributed by atoms with E-state index in [4.69, 9.17) is 11.6 Å². The molecule has 0 bridgehead atoms. The second-order valence-corrected chi connectivity index (χ2v) is 8.16. The molecule has 3 rings (SSSR count). The van der Waals surface area contributed by atoms with Crippen molar-refractivity contribution in [3.05, 3.63) is 59.1 Å². The number of hydrogen-bond acceptors (Lipinski definition) is 3. The van der Waals surface area contributed by atoms with Crippen LogP contribution in [0, 0.1) is 0 Å². The number of para-hydroxylation sites is 1. The molecule has 0 saturated carbocycles. The van der Waals surface area contributed by atoms with Gasteiger partial charge >= 0.3 is 0 Å². The number of nitrogens with zero attached hydrogens (tertiary/aromatic N) is 1. The third-order valence-electron chi connectivity index (χ3n) is 4.28. The quantitative estimate of drug-likeness (QED) is 0.845. The van der Waals surface area contributed by atoms with Gasteiger partial charge in [0.25, 0.3) is 5.91 Å². The zero-order valence-corrected chi connectivity index (χ0v) is 16.1. The molecular formula is C20H21ClN2O2S. The van der Waals surface area contributed by atoms with Gasteiger partial charge in [-0.25, -0.2) is 0 Å². The Kier molecular flexibility index (Phi) is 6.22. The number of anilines is 1. The highest BCUT2D eigenvalue weighted by Crippen LogP contribution is 2.37. The van der Waals surface area contributed by atoms with Crippen molar-refractivity contribution in [1.29, 1.82) is 0 Å². The number of carbonyl (C=O) groups is 2. The van der Waals surface area contributed by atoms with Crippen LogP contribution < -0.4 is 10.2 Å². The molecule has 2 aromatic rings. The first-order valence-electron chi connectivity index (χ1n) is 8.64.